The summed E-state index contributed by atoms with van der Waals surface area (Å²) >= 11 is 0. The number of anilines is 1. The zero-order valence-electron chi connectivity index (χ0n) is 11.8. The zero-order valence-corrected chi connectivity index (χ0v) is 11.8. The van der Waals surface area contributed by atoms with Crippen LogP contribution in [0, 0.1) is 0 Å². The number of nitrogens with zero attached hydrogens (tertiary/aromatic N) is 6. The van der Waals surface area contributed by atoms with Crippen LogP contribution >= 0.6 is 0 Å². The molecule has 3 rings (SSSR count). The predicted molar refractivity (Wildman–Crippen MR) is 75.7 cm³/mol. The molecule has 0 radical (unpaired) electrons. The lowest BCUT2D eigenvalue weighted by Crippen LogP contribution is -2.57. The van der Waals surface area contributed by atoms with E-state index in [0.29, 0.717) is 12.1 Å². The average Bonchev–Trinajstić information content (AvgIpc) is 2.90. The van der Waals surface area contributed by atoms with Crippen molar-refractivity contribution in [1.82, 2.24) is 24.5 Å². The molecule has 7 heteroatoms. The van der Waals surface area contributed by atoms with Gasteiger partial charge in [0.05, 0.1) is 6.61 Å². The summed E-state index contributed by atoms with van der Waals surface area (Å²) in [5.74, 6) is 0.882. The van der Waals surface area contributed by atoms with Gasteiger partial charge in [-0.15, -0.1) is 10.2 Å². The molecule has 1 aliphatic heterocycles. The van der Waals surface area contributed by atoms with Gasteiger partial charge in [0.15, 0.2) is 5.82 Å². The molecule has 108 valence electrons. The normalized spacial score (nSPS) is 24.4. The number of aliphatic hydroxyl groups excluding tert-OH is 1. The van der Waals surface area contributed by atoms with E-state index in [1.165, 1.54) is 0 Å². The molecule has 0 amide bonds. The Labute approximate surface area is 117 Å². The Morgan fingerprint density at radius 1 is 1.30 bits per heavy atom. The second kappa shape index (κ2) is 5.34. The van der Waals surface area contributed by atoms with Crippen LogP contribution in [-0.2, 0) is 0 Å². The van der Waals surface area contributed by atoms with Gasteiger partial charge in [-0.3, -0.25) is 9.30 Å². The Bertz CT molecular complexity index is 573. The predicted octanol–water partition coefficient (Wildman–Crippen LogP) is 0.0156. The fraction of sp³-hybridized carbons (Fsp3) is 0.615. The van der Waals surface area contributed by atoms with E-state index in [9.17, 15) is 0 Å². The number of aromatic nitrogens is 4. The Morgan fingerprint density at radius 2 is 2.05 bits per heavy atom. The molecule has 0 bridgehead atoms. The van der Waals surface area contributed by atoms with Gasteiger partial charge in [0, 0.05) is 44.1 Å². The van der Waals surface area contributed by atoms with Crippen molar-refractivity contribution in [2.24, 2.45) is 0 Å². The Balaban J connectivity index is 1.87. The lowest BCUT2D eigenvalue weighted by atomic mass is 10.1. The van der Waals surface area contributed by atoms with Crippen molar-refractivity contribution in [3.8, 4) is 0 Å². The molecule has 1 fully saturated rings. The van der Waals surface area contributed by atoms with Crippen molar-refractivity contribution >= 4 is 11.5 Å². The topological polar surface area (TPSA) is 69.8 Å². The van der Waals surface area contributed by atoms with E-state index in [0.717, 1.165) is 31.1 Å². The molecule has 0 unspecified atom stereocenters. The van der Waals surface area contributed by atoms with E-state index in [1.54, 1.807) is 12.5 Å². The van der Waals surface area contributed by atoms with E-state index >= 15 is 0 Å². The highest BCUT2D eigenvalue weighted by Crippen LogP contribution is 2.23. The molecule has 0 aromatic carbocycles. The first kappa shape index (κ1) is 13.3. The van der Waals surface area contributed by atoms with Crippen LogP contribution in [0.15, 0.2) is 18.7 Å². The number of piperazine rings is 1. The van der Waals surface area contributed by atoms with Crippen LogP contribution in [-0.4, -0.2) is 67.9 Å². The van der Waals surface area contributed by atoms with Crippen molar-refractivity contribution in [2.45, 2.75) is 25.9 Å². The quantitative estimate of drug-likeness (QED) is 0.852. The molecule has 0 aliphatic carbocycles. The second-order valence-corrected chi connectivity index (χ2v) is 5.38. The molecule has 3 heterocycles. The number of hydrogen-bond donors (Lipinski definition) is 1. The van der Waals surface area contributed by atoms with Crippen molar-refractivity contribution in [3.63, 3.8) is 0 Å². The highest BCUT2D eigenvalue weighted by atomic mass is 16.3. The van der Waals surface area contributed by atoms with Crippen molar-refractivity contribution in [1.29, 1.82) is 0 Å². The van der Waals surface area contributed by atoms with Gasteiger partial charge in [-0.1, -0.05) is 0 Å². The average molecular weight is 276 g/mol. The Kier molecular flexibility index (Phi) is 3.54. The van der Waals surface area contributed by atoms with E-state index in [1.807, 2.05) is 10.6 Å². The largest absolute Gasteiger partial charge is 0.395 e. The fourth-order valence-electron chi connectivity index (χ4n) is 3.05. The standard InChI is InChI=1S/C13H20N6O/c1-10-7-18(8-11(2)19(10)5-6-20)12-13-16-15-9-17(13)4-3-14-12/h3-4,9-11,20H,5-8H2,1-2H3/t10-,11+. The summed E-state index contributed by atoms with van der Waals surface area (Å²) in [4.78, 5) is 9.07. The van der Waals surface area contributed by atoms with Gasteiger partial charge >= 0.3 is 0 Å². The smallest absolute Gasteiger partial charge is 0.203 e. The van der Waals surface area contributed by atoms with E-state index in [2.05, 4.69) is 38.8 Å². The molecule has 0 saturated carbocycles. The Hall–Kier alpha value is -1.73. The van der Waals surface area contributed by atoms with Crippen LogP contribution in [0.2, 0.25) is 0 Å². The van der Waals surface area contributed by atoms with E-state index in [-0.39, 0.29) is 6.61 Å². The number of β-amino-alcohol motifs (C(OH)–C–C–N with tert-alkyl or cyclic N) is 1. The molecule has 1 N–H and O–H groups in total. The van der Waals surface area contributed by atoms with Gasteiger partial charge < -0.3 is 10.0 Å². The van der Waals surface area contributed by atoms with Gasteiger partial charge in [-0.05, 0) is 13.8 Å². The zero-order chi connectivity index (χ0) is 14.1. The summed E-state index contributed by atoms with van der Waals surface area (Å²) in [5, 5.41) is 17.3. The molecular weight excluding hydrogens is 256 g/mol. The molecule has 1 aliphatic rings. The van der Waals surface area contributed by atoms with E-state index in [4.69, 9.17) is 5.11 Å². The third-order valence-corrected chi connectivity index (χ3v) is 3.96. The minimum Gasteiger partial charge on any atom is -0.395 e. The lowest BCUT2D eigenvalue weighted by molar-refractivity contribution is 0.103. The lowest BCUT2D eigenvalue weighted by Gasteiger charge is -2.44. The molecular formula is C13H20N6O. The summed E-state index contributed by atoms with van der Waals surface area (Å²) in [6.07, 6.45) is 5.32. The van der Waals surface area contributed by atoms with Gasteiger partial charge in [-0.2, -0.15) is 0 Å². The van der Waals surface area contributed by atoms with Gasteiger partial charge in [0.1, 0.15) is 6.33 Å². The number of fused-ring (bicyclic) bond motifs is 1. The molecule has 1 saturated heterocycles. The summed E-state index contributed by atoms with van der Waals surface area (Å²) < 4.78 is 1.89. The minimum atomic E-state index is 0.201. The van der Waals surface area contributed by atoms with Crippen LogP contribution in [0.25, 0.3) is 5.65 Å². The van der Waals surface area contributed by atoms with Crippen LogP contribution in [0.5, 0.6) is 0 Å². The number of aliphatic hydroxyl groups is 1. The van der Waals surface area contributed by atoms with Gasteiger partial charge in [0.2, 0.25) is 5.65 Å². The van der Waals surface area contributed by atoms with Crippen LogP contribution in [0.4, 0.5) is 5.82 Å². The van der Waals surface area contributed by atoms with Crippen molar-refractivity contribution in [2.75, 3.05) is 31.1 Å². The maximum Gasteiger partial charge on any atom is 0.203 e. The third kappa shape index (κ3) is 2.23. The summed E-state index contributed by atoms with van der Waals surface area (Å²) in [6, 6.07) is 0.742. The SMILES string of the molecule is C[C@@H]1CN(c2nccn3cnnc23)C[C@H](C)N1CCO. The molecule has 2 aromatic rings. The fourth-order valence-corrected chi connectivity index (χ4v) is 3.05. The molecule has 2 atom stereocenters. The first-order valence-corrected chi connectivity index (χ1v) is 6.96. The number of hydrogen-bond acceptors (Lipinski definition) is 6. The maximum atomic E-state index is 9.16. The van der Waals surface area contributed by atoms with Crippen LogP contribution in [0.3, 0.4) is 0 Å². The highest BCUT2D eigenvalue weighted by Gasteiger charge is 2.30. The summed E-state index contributed by atoms with van der Waals surface area (Å²) in [5.41, 5.74) is 0.794. The monoisotopic (exact) mass is 276 g/mol. The van der Waals surface area contributed by atoms with Gasteiger partial charge in [0.25, 0.3) is 0 Å². The number of rotatable bonds is 3. The minimum absolute atomic E-state index is 0.201. The highest BCUT2D eigenvalue weighted by molar-refractivity contribution is 5.63. The van der Waals surface area contributed by atoms with Crippen LogP contribution in [0.1, 0.15) is 13.8 Å². The van der Waals surface area contributed by atoms with E-state index < -0.39 is 0 Å². The molecule has 20 heavy (non-hydrogen) atoms. The molecule has 2 aromatic heterocycles. The third-order valence-electron chi connectivity index (χ3n) is 3.96. The molecule has 7 nitrogen and oxygen atoms in total. The second-order valence-electron chi connectivity index (χ2n) is 5.38. The molecule has 0 spiro atoms. The summed E-state index contributed by atoms with van der Waals surface area (Å²) in [6.45, 7) is 7.05. The summed E-state index contributed by atoms with van der Waals surface area (Å²) in [7, 11) is 0. The van der Waals surface area contributed by atoms with Crippen molar-refractivity contribution in [3.05, 3.63) is 18.7 Å². The van der Waals surface area contributed by atoms with Crippen molar-refractivity contribution < 1.29 is 5.11 Å². The van der Waals surface area contributed by atoms with Gasteiger partial charge in [-0.25, -0.2) is 4.98 Å². The first-order chi connectivity index (χ1) is 9.70. The van der Waals surface area contributed by atoms with Crippen LogP contribution < -0.4 is 4.90 Å². The first-order valence-electron chi connectivity index (χ1n) is 6.96. The Morgan fingerprint density at radius 3 is 2.75 bits per heavy atom. The maximum absolute atomic E-state index is 9.16.